The second-order valence-electron chi connectivity index (χ2n) is 6.06. The van der Waals surface area contributed by atoms with E-state index in [-0.39, 0.29) is 17.1 Å². The van der Waals surface area contributed by atoms with E-state index in [9.17, 15) is 19.7 Å². The van der Waals surface area contributed by atoms with E-state index in [0.29, 0.717) is 11.3 Å². The predicted molar refractivity (Wildman–Crippen MR) is 108 cm³/mol. The van der Waals surface area contributed by atoms with E-state index in [4.69, 9.17) is 4.74 Å². The third-order valence-corrected chi connectivity index (χ3v) is 4.49. The fourth-order valence-corrected chi connectivity index (χ4v) is 2.75. The van der Waals surface area contributed by atoms with Crippen LogP contribution in [-0.4, -0.2) is 33.6 Å². The van der Waals surface area contributed by atoms with Crippen molar-refractivity contribution in [3.05, 3.63) is 74.4 Å². The number of carbonyl (C=O) groups excluding carboxylic acids is 2. The highest BCUT2D eigenvalue weighted by molar-refractivity contribution is 9.10. The molecule has 0 bridgehead atoms. The van der Waals surface area contributed by atoms with E-state index in [1.165, 1.54) is 24.3 Å². The summed E-state index contributed by atoms with van der Waals surface area (Å²) in [5, 5.41) is 20.1. The molecule has 0 aliphatic rings. The summed E-state index contributed by atoms with van der Waals surface area (Å²) in [6.45, 7) is 1.05. The van der Waals surface area contributed by atoms with Crippen molar-refractivity contribution in [3.8, 4) is 11.3 Å². The molecule has 10 heteroatoms. The zero-order valence-corrected chi connectivity index (χ0v) is 16.7. The molecule has 0 radical (unpaired) electrons. The maximum atomic E-state index is 12.1. The van der Waals surface area contributed by atoms with Gasteiger partial charge in [-0.3, -0.25) is 20.0 Å². The SMILES string of the molecule is Cc1ccc(NC(=O)COC(=O)c2cc(-c3ccc(Br)cc3)n[nH]2)cc1[N+](=O)[O-]. The molecule has 0 spiro atoms. The molecule has 0 atom stereocenters. The van der Waals surface area contributed by atoms with Crippen LogP contribution in [0.2, 0.25) is 0 Å². The Bertz CT molecular complexity index is 1080. The number of nitro benzene ring substituents is 1. The number of carbonyl (C=O) groups is 2. The van der Waals surface area contributed by atoms with Crippen molar-refractivity contribution in [1.82, 2.24) is 10.2 Å². The minimum Gasteiger partial charge on any atom is -0.451 e. The zero-order chi connectivity index (χ0) is 21.0. The van der Waals surface area contributed by atoms with Gasteiger partial charge in [0, 0.05) is 27.4 Å². The summed E-state index contributed by atoms with van der Waals surface area (Å²) in [5.74, 6) is -1.37. The van der Waals surface area contributed by atoms with Gasteiger partial charge in [-0.05, 0) is 31.2 Å². The molecule has 9 nitrogen and oxygen atoms in total. The molecule has 1 aromatic heterocycles. The number of nitrogens with one attached hydrogen (secondary N) is 2. The number of benzene rings is 2. The average molecular weight is 459 g/mol. The van der Waals surface area contributed by atoms with Crippen LogP contribution in [0.15, 0.2) is 53.0 Å². The number of nitrogens with zero attached hydrogens (tertiary/aromatic N) is 2. The standard InChI is InChI=1S/C19H15BrN4O5/c1-11-2-7-14(8-17(11)24(27)28)21-18(25)10-29-19(26)16-9-15(22-23-16)12-3-5-13(20)6-4-12/h2-9H,10H2,1H3,(H,21,25)(H,22,23). The Morgan fingerprint density at radius 3 is 2.62 bits per heavy atom. The van der Waals surface area contributed by atoms with Gasteiger partial charge in [0.25, 0.3) is 11.6 Å². The Balaban J connectivity index is 1.58. The van der Waals surface area contributed by atoms with Gasteiger partial charge in [0.05, 0.1) is 10.6 Å². The minimum absolute atomic E-state index is 0.0988. The Hall–Kier alpha value is -3.53. The van der Waals surface area contributed by atoms with Gasteiger partial charge in [0.1, 0.15) is 5.69 Å². The Morgan fingerprint density at radius 1 is 1.21 bits per heavy atom. The van der Waals surface area contributed by atoms with Crippen LogP contribution in [0.3, 0.4) is 0 Å². The topological polar surface area (TPSA) is 127 Å². The van der Waals surface area contributed by atoms with Crippen LogP contribution in [0.25, 0.3) is 11.3 Å². The molecule has 1 heterocycles. The van der Waals surface area contributed by atoms with Crippen LogP contribution in [0, 0.1) is 17.0 Å². The lowest BCUT2D eigenvalue weighted by Gasteiger charge is -2.06. The molecule has 29 heavy (non-hydrogen) atoms. The highest BCUT2D eigenvalue weighted by atomic mass is 79.9. The first kappa shape index (κ1) is 20.2. The van der Waals surface area contributed by atoms with Crippen LogP contribution in [-0.2, 0) is 9.53 Å². The molecule has 3 rings (SSSR count). The predicted octanol–water partition coefficient (Wildman–Crippen LogP) is 3.85. The summed E-state index contributed by atoms with van der Waals surface area (Å²) < 4.78 is 5.89. The van der Waals surface area contributed by atoms with Gasteiger partial charge >= 0.3 is 5.97 Å². The zero-order valence-electron chi connectivity index (χ0n) is 15.1. The maximum Gasteiger partial charge on any atom is 0.356 e. The molecule has 0 saturated carbocycles. The molecule has 148 valence electrons. The van der Waals surface area contributed by atoms with E-state index >= 15 is 0 Å². The number of ether oxygens (including phenoxy) is 1. The number of hydrogen-bond donors (Lipinski definition) is 2. The van der Waals surface area contributed by atoms with Gasteiger partial charge in [0.15, 0.2) is 6.61 Å². The first-order valence-corrected chi connectivity index (χ1v) is 9.16. The summed E-state index contributed by atoms with van der Waals surface area (Å²) in [4.78, 5) is 34.5. The van der Waals surface area contributed by atoms with Crippen LogP contribution in [0.1, 0.15) is 16.1 Å². The number of nitro groups is 1. The van der Waals surface area contributed by atoms with E-state index < -0.39 is 23.4 Å². The number of H-pyrrole nitrogens is 1. The Morgan fingerprint density at radius 2 is 1.93 bits per heavy atom. The summed E-state index contributed by atoms with van der Waals surface area (Å²) in [7, 11) is 0. The fraction of sp³-hybridized carbons (Fsp3) is 0.105. The molecule has 0 fully saturated rings. The number of aromatic amines is 1. The van der Waals surface area contributed by atoms with E-state index in [1.807, 2.05) is 24.3 Å². The first-order chi connectivity index (χ1) is 13.8. The lowest BCUT2D eigenvalue weighted by atomic mass is 10.1. The summed E-state index contributed by atoms with van der Waals surface area (Å²) in [6, 6.07) is 13.2. The van der Waals surface area contributed by atoms with Crippen LogP contribution in [0.4, 0.5) is 11.4 Å². The smallest absolute Gasteiger partial charge is 0.356 e. The van der Waals surface area contributed by atoms with Crippen molar-refractivity contribution in [1.29, 1.82) is 0 Å². The van der Waals surface area contributed by atoms with E-state index in [1.54, 1.807) is 6.92 Å². The van der Waals surface area contributed by atoms with E-state index in [0.717, 1.165) is 10.0 Å². The summed E-state index contributed by atoms with van der Waals surface area (Å²) in [5.41, 5.74) is 2.06. The molecule has 2 N–H and O–H groups in total. The van der Waals surface area contributed by atoms with Crippen molar-refractivity contribution in [2.24, 2.45) is 0 Å². The molecule has 0 saturated heterocycles. The summed E-state index contributed by atoms with van der Waals surface area (Å²) >= 11 is 3.35. The lowest BCUT2D eigenvalue weighted by Crippen LogP contribution is -2.21. The molecular weight excluding hydrogens is 444 g/mol. The Kier molecular flexibility index (Phi) is 6.03. The number of aromatic nitrogens is 2. The number of aryl methyl sites for hydroxylation is 1. The summed E-state index contributed by atoms with van der Waals surface area (Å²) in [6.07, 6.45) is 0. The fourth-order valence-electron chi connectivity index (χ4n) is 2.48. The van der Waals surface area contributed by atoms with Gasteiger partial charge in [-0.2, -0.15) is 5.10 Å². The minimum atomic E-state index is -0.745. The normalized spacial score (nSPS) is 10.4. The Labute approximate surface area is 173 Å². The number of halogens is 1. The van der Waals surface area contributed by atoms with Crippen molar-refractivity contribution in [3.63, 3.8) is 0 Å². The second kappa shape index (κ2) is 8.65. The first-order valence-electron chi connectivity index (χ1n) is 8.37. The van der Waals surface area contributed by atoms with Crippen molar-refractivity contribution < 1.29 is 19.2 Å². The largest absolute Gasteiger partial charge is 0.451 e. The molecular formula is C19H15BrN4O5. The monoisotopic (exact) mass is 458 g/mol. The third-order valence-electron chi connectivity index (χ3n) is 3.96. The molecule has 0 aliphatic carbocycles. The van der Waals surface area contributed by atoms with Crippen molar-refractivity contribution >= 4 is 39.2 Å². The number of amides is 1. The number of anilines is 1. The quantitative estimate of drug-likeness (QED) is 0.328. The lowest BCUT2D eigenvalue weighted by molar-refractivity contribution is -0.385. The maximum absolute atomic E-state index is 12.1. The molecule has 3 aromatic rings. The van der Waals surface area contributed by atoms with Gasteiger partial charge in [-0.1, -0.05) is 34.1 Å². The van der Waals surface area contributed by atoms with Crippen molar-refractivity contribution in [2.75, 3.05) is 11.9 Å². The molecule has 0 unspecified atom stereocenters. The van der Waals surface area contributed by atoms with Crippen molar-refractivity contribution in [2.45, 2.75) is 6.92 Å². The molecule has 1 amide bonds. The van der Waals surface area contributed by atoms with Crippen LogP contribution >= 0.6 is 15.9 Å². The van der Waals surface area contributed by atoms with Gasteiger partial charge in [-0.25, -0.2) is 4.79 Å². The van der Waals surface area contributed by atoms with Crippen LogP contribution in [0.5, 0.6) is 0 Å². The number of rotatable bonds is 6. The van der Waals surface area contributed by atoms with Gasteiger partial charge < -0.3 is 10.1 Å². The number of esters is 1. The third kappa shape index (κ3) is 5.05. The number of hydrogen-bond acceptors (Lipinski definition) is 6. The van der Waals surface area contributed by atoms with E-state index in [2.05, 4.69) is 31.4 Å². The molecule has 2 aromatic carbocycles. The molecule has 0 aliphatic heterocycles. The highest BCUT2D eigenvalue weighted by Gasteiger charge is 2.16. The van der Waals surface area contributed by atoms with Crippen LogP contribution < -0.4 is 5.32 Å². The van der Waals surface area contributed by atoms with Gasteiger partial charge in [-0.15, -0.1) is 0 Å². The second-order valence-corrected chi connectivity index (χ2v) is 6.97. The highest BCUT2D eigenvalue weighted by Crippen LogP contribution is 2.22. The average Bonchev–Trinajstić information content (AvgIpc) is 3.18. The van der Waals surface area contributed by atoms with Gasteiger partial charge in [0.2, 0.25) is 0 Å².